The van der Waals surface area contributed by atoms with E-state index in [0.717, 1.165) is 29.9 Å². The topological polar surface area (TPSA) is 84.6 Å². The van der Waals surface area contributed by atoms with Crippen LogP contribution in [0.15, 0.2) is 30.3 Å². The predicted molar refractivity (Wildman–Crippen MR) is 116 cm³/mol. The van der Waals surface area contributed by atoms with Crippen LogP contribution < -0.4 is 10.6 Å². The van der Waals surface area contributed by atoms with E-state index in [1.54, 1.807) is 6.07 Å². The number of ether oxygens (including phenoxy) is 1. The summed E-state index contributed by atoms with van der Waals surface area (Å²) in [7, 11) is 0. The van der Waals surface area contributed by atoms with Gasteiger partial charge in [0.1, 0.15) is 0 Å². The molecule has 2 heterocycles. The highest BCUT2D eigenvalue weighted by molar-refractivity contribution is 6.29. The molecule has 1 aromatic carbocycles. The highest BCUT2D eigenvalue weighted by Gasteiger charge is 2.38. The van der Waals surface area contributed by atoms with Gasteiger partial charge in [-0.2, -0.15) is 0 Å². The number of benzene rings is 1. The molecular formula is C21H28ClN5O2. The van der Waals surface area contributed by atoms with Crippen molar-refractivity contribution in [2.75, 3.05) is 36.9 Å². The van der Waals surface area contributed by atoms with Crippen LogP contribution in [0.5, 0.6) is 0 Å². The Kier molecular flexibility index (Phi) is 6.17. The van der Waals surface area contributed by atoms with Crippen molar-refractivity contribution in [1.82, 2.24) is 15.1 Å². The monoisotopic (exact) mass is 417 g/mol. The molecule has 1 saturated heterocycles. The van der Waals surface area contributed by atoms with Gasteiger partial charge in [0.2, 0.25) is 0 Å². The van der Waals surface area contributed by atoms with Gasteiger partial charge in [-0.1, -0.05) is 44.5 Å². The normalized spacial score (nSPS) is 17.3. The van der Waals surface area contributed by atoms with Gasteiger partial charge in [0.15, 0.2) is 11.0 Å². The number of aromatic nitrogens is 2. The summed E-state index contributed by atoms with van der Waals surface area (Å²) >= 11 is 5.96. The van der Waals surface area contributed by atoms with Gasteiger partial charge >= 0.3 is 6.09 Å². The Morgan fingerprint density at radius 2 is 1.93 bits per heavy atom. The lowest BCUT2D eigenvalue weighted by molar-refractivity contribution is 0.0533. The van der Waals surface area contributed by atoms with E-state index in [1.807, 2.05) is 24.0 Å². The molecule has 1 aliphatic heterocycles. The fraction of sp³-hybridized carbons (Fsp3) is 0.476. The summed E-state index contributed by atoms with van der Waals surface area (Å²) < 4.78 is 5.27. The number of halogens is 1. The van der Waals surface area contributed by atoms with Gasteiger partial charge in [-0.05, 0) is 36.1 Å². The number of nitrogen functional groups attached to an aromatic ring is 1. The predicted octanol–water partition coefficient (Wildman–Crippen LogP) is 4.07. The Labute approximate surface area is 176 Å². The Bertz CT molecular complexity index is 866. The fourth-order valence-corrected chi connectivity index (χ4v) is 3.79. The van der Waals surface area contributed by atoms with E-state index in [4.69, 9.17) is 22.1 Å². The van der Waals surface area contributed by atoms with E-state index in [2.05, 4.69) is 48.0 Å². The zero-order chi connectivity index (χ0) is 21.2. The van der Waals surface area contributed by atoms with Crippen LogP contribution in [-0.4, -0.2) is 53.5 Å². The molecule has 29 heavy (non-hydrogen) atoms. The van der Waals surface area contributed by atoms with Crippen LogP contribution in [0.4, 0.5) is 16.3 Å². The van der Waals surface area contributed by atoms with E-state index in [1.165, 1.54) is 0 Å². The van der Waals surface area contributed by atoms with Crippen LogP contribution in [-0.2, 0) is 4.74 Å². The zero-order valence-corrected chi connectivity index (χ0v) is 18.1. The molecule has 2 aromatic rings. The molecule has 1 atom stereocenters. The number of carbonyl (C=O) groups excluding carboxylic acids is 1. The molecule has 1 fully saturated rings. The maximum atomic E-state index is 12.4. The van der Waals surface area contributed by atoms with Gasteiger partial charge in [0.25, 0.3) is 0 Å². The van der Waals surface area contributed by atoms with Gasteiger partial charge in [-0.15, -0.1) is 10.2 Å². The quantitative estimate of drug-likeness (QED) is 0.810. The van der Waals surface area contributed by atoms with Crippen molar-refractivity contribution in [2.24, 2.45) is 5.41 Å². The second-order valence-corrected chi connectivity index (χ2v) is 8.62. The number of carbonyl (C=O) groups is 1. The van der Waals surface area contributed by atoms with E-state index in [-0.39, 0.29) is 17.6 Å². The smallest absolute Gasteiger partial charge is 0.410 e. The number of amides is 1. The summed E-state index contributed by atoms with van der Waals surface area (Å²) in [6, 6.07) is 9.89. The lowest BCUT2D eigenvalue weighted by atomic mass is 9.84. The average molecular weight is 418 g/mol. The summed E-state index contributed by atoms with van der Waals surface area (Å²) in [4.78, 5) is 16.6. The Morgan fingerprint density at radius 3 is 2.55 bits per heavy atom. The van der Waals surface area contributed by atoms with Gasteiger partial charge in [0.05, 0.1) is 12.6 Å². The van der Waals surface area contributed by atoms with Crippen molar-refractivity contribution in [2.45, 2.75) is 33.7 Å². The fourth-order valence-electron chi connectivity index (χ4n) is 3.64. The first-order chi connectivity index (χ1) is 13.7. The molecule has 1 amide bonds. The van der Waals surface area contributed by atoms with Gasteiger partial charge < -0.3 is 20.3 Å². The summed E-state index contributed by atoms with van der Waals surface area (Å²) in [6.07, 6.45) is -0.236. The van der Waals surface area contributed by atoms with Gasteiger partial charge in [0, 0.05) is 30.9 Å². The first kappa shape index (κ1) is 21.2. The molecule has 0 spiro atoms. The van der Waals surface area contributed by atoms with Crippen LogP contribution >= 0.6 is 11.6 Å². The number of hydrogen-bond acceptors (Lipinski definition) is 6. The molecule has 156 valence electrons. The van der Waals surface area contributed by atoms with Crippen molar-refractivity contribution < 1.29 is 9.53 Å². The highest BCUT2D eigenvalue weighted by atomic mass is 35.5. The molecule has 1 aliphatic rings. The van der Waals surface area contributed by atoms with Gasteiger partial charge in [-0.3, -0.25) is 0 Å². The van der Waals surface area contributed by atoms with Crippen LogP contribution in [0, 0.1) is 5.41 Å². The number of nitrogens with zero attached hydrogens (tertiary/aromatic N) is 4. The van der Waals surface area contributed by atoms with Crippen LogP contribution in [0.1, 0.15) is 27.7 Å². The van der Waals surface area contributed by atoms with E-state index >= 15 is 0 Å². The first-order valence-electron chi connectivity index (χ1n) is 9.78. The largest absolute Gasteiger partial charge is 0.450 e. The number of rotatable bonds is 3. The molecule has 8 heteroatoms. The van der Waals surface area contributed by atoms with E-state index < -0.39 is 0 Å². The molecule has 1 unspecified atom stereocenters. The van der Waals surface area contributed by atoms with Crippen LogP contribution in [0.2, 0.25) is 5.15 Å². The molecule has 0 saturated carbocycles. The third-order valence-electron chi connectivity index (χ3n) is 5.22. The lowest BCUT2D eigenvalue weighted by Gasteiger charge is -2.47. The highest BCUT2D eigenvalue weighted by Crippen LogP contribution is 2.32. The molecule has 1 aromatic heterocycles. The number of nitrogens with two attached hydrogens (primary N) is 1. The lowest BCUT2D eigenvalue weighted by Crippen LogP contribution is -2.60. The third-order valence-corrected chi connectivity index (χ3v) is 5.40. The summed E-state index contributed by atoms with van der Waals surface area (Å²) in [5, 5.41) is 7.95. The van der Waals surface area contributed by atoms with Crippen LogP contribution in [0.3, 0.4) is 0 Å². The maximum Gasteiger partial charge on any atom is 0.410 e. The molecule has 0 bridgehead atoms. The van der Waals surface area contributed by atoms with Crippen molar-refractivity contribution in [3.05, 3.63) is 35.5 Å². The summed E-state index contributed by atoms with van der Waals surface area (Å²) in [5.74, 6) is 0.345. The van der Waals surface area contributed by atoms with Crippen molar-refractivity contribution in [3.63, 3.8) is 0 Å². The minimum atomic E-state index is -0.236. The maximum absolute atomic E-state index is 12.4. The standard InChI is InChI=1S/C21H28ClN5O2/c1-5-29-20(28)27-11-10-26(13-17(27)21(2,3)4)15-8-6-14(7-9-15)16-12-18(22)24-25-19(16)23/h6-9,12,17H,5,10-11,13H2,1-4H3,(H2,23,25). The number of piperazine rings is 1. The minimum absolute atomic E-state index is 0.0498. The van der Waals surface area contributed by atoms with E-state index in [0.29, 0.717) is 24.1 Å². The summed E-state index contributed by atoms with van der Waals surface area (Å²) in [5.41, 5.74) is 8.66. The zero-order valence-electron chi connectivity index (χ0n) is 17.4. The number of anilines is 2. The second kappa shape index (κ2) is 8.45. The van der Waals surface area contributed by atoms with Crippen LogP contribution in [0.25, 0.3) is 11.1 Å². The molecule has 7 nitrogen and oxygen atoms in total. The Morgan fingerprint density at radius 1 is 1.24 bits per heavy atom. The Hall–Kier alpha value is -2.54. The average Bonchev–Trinajstić information content (AvgIpc) is 2.69. The van der Waals surface area contributed by atoms with Crippen molar-refractivity contribution in [3.8, 4) is 11.1 Å². The van der Waals surface area contributed by atoms with Crippen molar-refractivity contribution in [1.29, 1.82) is 0 Å². The third kappa shape index (κ3) is 4.72. The summed E-state index contributed by atoms with van der Waals surface area (Å²) in [6.45, 7) is 10.8. The molecule has 2 N–H and O–H groups in total. The molecule has 0 aliphatic carbocycles. The van der Waals surface area contributed by atoms with Crippen molar-refractivity contribution >= 4 is 29.2 Å². The number of hydrogen-bond donors (Lipinski definition) is 1. The van der Waals surface area contributed by atoms with Gasteiger partial charge in [-0.25, -0.2) is 4.79 Å². The second-order valence-electron chi connectivity index (χ2n) is 8.23. The van der Waals surface area contributed by atoms with E-state index in [9.17, 15) is 4.79 Å². The first-order valence-corrected chi connectivity index (χ1v) is 10.2. The molecule has 3 rings (SSSR count). The minimum Gasteiger partial charge on any atom is -0.450 e. The molecule has 0 radical (unpaired) electrons. The molecular weight excluding hydrogens is 390 g/mol. The Balaban J connectivity index is 1.81. The SMILES string of the molecule is CCOC(=O)N1CCN(c2ccc(-c3cc(Cl)nnc3N)cc2)CC1C(C)(C)C.